The highest BCUT2D eigenvalue weighted by Crippen LogP contribution is 2.19. The van der Waals surface area contributed by atoms with Crippen molar-refractivity contribution in [1.82, 2.24) is 30.9 Å². The average Bonchev–Trinajstić information content (AvgIpc) is 3.54. The van der Waals surface area contributed by atoms with Crippen molar-refractivity contribution in [3.05, 3.63) is 54.2 Å². The molecule has 0 saturated heterocycles. The Morgan fingerprint density at radius 3 is 2.32 bits per heavy atom. The second kappa shape index (κ2) is 12.8. The first kappa shape index (κ1) is 28.3. The fraction of sp³-hybridized carbons (Fsp3) is 0.400. The summed E-state index contributed by atoms with van der Waals surface area (Å²) < 4.78 is 0. The van der Waals surface area contributed by atoms with E-state index in [4.69, 9.17) is 10.8 Å². The molecule has 0 bridgehead atoms. The number of aliphatic hydroxyl groups is 1. The molecular weight excluding hydrogens is 494 g/mol. The topological polar surface area (TPSA) is 215 Å². The molecule has 3 amide bonds. The van der Waals surface area contributed by atoms with E-state index >= 15 is 0 Å². The number of benzene rings is 1. The number of carbonyl (C=O) groups excluding carboxylic acids is 3. The van der Waals surface area contributed by atoms with E-state index in [1.807, 2.05) is 24.3 Å². The molecule has 3 rings (SSSR count). The molecular formula is C25H33N7O6. The van der Waals surface area contributed by atoms with Gasteiger partial charge in [0.2, 0.25) is 17.7 Å². The molecule has 9 N–H and O–H groups in total. The van der Waals surface area contributed by atoms with Crippen molar-refractivity contribution < 1.29 is 29.4 Å². The lowest BCUT2D eigenvalue weighted by Gasteiger charge is -2.26. The van der Waals surface area contributed by atoms with Gasteiger partial charge in [0.15, 0.2) is 0 Å². The number of carbonyl (C=O) groups is 4. The quantitative estimate of drug-likeness (QED) is 0.140. The monoisotopic (exact) mass is 527 g/mol. The second-order valence-electron chi connectivity index (χ2n) is 9.32. The van der Waals surface area contributed by atoms with E-state index in [0.717, 1.165) is 16.5 Å². The highest BCUT2D eigenvalue weighted by molar-refractivity contribution is 5.94. The number of H-pyrrole nitrogens is 2. The van der Waals surface area contributed by atoms with Gasteiger partial charge in [-0.25, -0.2) is 9.78 Å². The lowest BCUT2D eigenvalue weighted by molar-refractivity contribution is -0.143. The smallest absolute Gasteiger partial charge is 0.328 e. The molecule has 0 aliphatic rings. The van der Waals surface area contributed by atoms with Gasteiger partial charge in [-0.15, -0.1) is 0 Å². The molecule has 204 valence electrons. The number of carboxylic acids is 1. The number of fused-ring (bicyclic) bond motifs is 1. The summed E-state index contributed by atoms with van der Waals surface area (Å²) in [6.07, 6.45) is 4.99. The molecule has 0 fully saturated rings. The molecule has 2 aromatic heterocycles. The number of aromatic amines is 2. The van der Waals surface area contributed by atoms with Crippen LogP contribution < -0.4 is 21.7 Å². The zero-order chi connectivity index (χ0) is 27.8. The van der Waals surface area contributed by atoms with E-state index in [9.17, 15) is 24.3 Å². The first-order valence-electron chi connectivity index (χ1n) is 12.1. The Morgan fingerprint density at radius 1 is 0.974 bits per heavy atom. The number of aliphatic hydroxyl groups excluding tert-OH is 1. The average molecular weight is 528 g/mol. The van der Waals surface area contributed by atoms with Crippen LogP contribution in [0.4, 0.5) is 0 Å². The van der Waals surface area contributed by atoms with Crippen LogP contribution in [0.1, 0.15) is 25.1 Å². The normalized spacial score (nSPS) is 14.4. The van der Waals surface area contributed by atoms with Crippen LogP contribution in [0.25, 0.3) is 10.9 Å². The number of carboxylic acid groups (broad SMARTS) is 1. The number of nitrogens with one attached hydrogen (secondary N) is 5. The number of nitrogens with zero attached hydrogens (tertiary/aromatic N) is 1. The van der Waals surface area contributed by atoms with Gasteiger partial charge in [0.25, 0.3) is 0 Å². The number of para-hydroxylation sites is 1. The van der Waals surface area contributed by atoms with Gasteiger partial charge in [0.05, 0.1) is 19.0 Å². The summed E-state index contributed by atoms with van der Waals surface area (Å²) in [5, 5.41) is 26.8. The number of nitrogens with two attached hydrogens (primary N) is 1. The maximum absolute atomic E-state index is 13.3. The largest absolute Gasteiger partial charge is 0.480 e. The second-order valence-corrected chi connectivity index (χ2v) is 9.32. The van der Waals surface area contributed by atoms with Gasteiger partial charge < -0.3 is 41.9 Å². The number of amides is 3. The lowest BCUT2D eigenvalue weighted by atomic mass is 10.0. The van der Waals surface area contributed by atoms with E-state index in [1.54, 1.807) is 20.0 Å². The molecule has 13 heteroatoms. The Labute approximate surface area is 218 Å². The Kier molecular flexibility index (Phi) is 9.57. The molecule has 0 radical (unpaired) electrons. The minimum atomic E-state index is -1.52. The third-order valence-corrected chi connectivity index (χ3v) is 6.11. The van der Waals surface area contributed by atoms with Crippen LogP contribution in [0.2, 0.25) is 0 Å². The van der Waals surface area contributed by atoms with Gasteiger partial charge in [-0.2, -0.15) is 0 Å². The van der Waals surface area contributed by atoms with E-state index in [-0.39, 0.29) is 12.8 Å². The van der Waals surface area contributed by atoms with Crippen LogP contribution in [-0.2, 0) is 32.0 Å². The molecule has 4 atom stereocenters. The number of imidazole rings is 1. The van der Waals surface area contributed by atoms with Gasteiger partial charge in [-0.05, 0) is 24.0 Å². The zero-order valence-electron chi connectivity index (χ0n) is 21.1. The van der Waals surface area contributed by atoms with E-state index in [0.29, 0.717) is 5.69 Å². The van der Waals surface area contributed by atoms with Crippen LogP contribution in [0.3, 0.4) is 0 Å². The van der Waals surface area contributed by atoms with Crippen molar-refractivity contribution in [2.45, 2.75) is 50.9 Å². The first-order chi connectivity index (χ1) is 18.1. The molecule has 3 aromatic rings. The summed E-state index contributed by atoms with van der Waals surface area (Å²) in [6, 6.07) is 2.88. The van der Waals surface area contributed by atoms with Crippen LogP contribution in [-0.4, -0.2) is 79.6 Å². The van der Waals surface area contributed by atoms with E-state index in [1.165, 1.54) is 12.5 Å². The molecule has 4 unspecified atom stereocenters. The van der Waals surface area contributed by atoms with Gasteiger partial charge in [0, 0.05) is 35.4 Å². The summed E-state index contributed by atoms with van der Waals surface area (Å²) in [7, 11) is 0. The Balaban J connectivity index is 1.73. The van der Waals surface area contributed by atoms with Crippen molar-refractivity contribution in [1.29, 1.82) is 0 Å². The minimum absolute atomic E-state index is 0.0399. The van der Waals surface area contributed by atoms with Gasteiger partial charge in [-0.1, -0.05) is 32.0 Å². The van der Waals surface area contributed by atoms with Crippen molar-refractivity contribution >= 4 is 34.6 Å². The van der Waals surface area contributed by atoms with Crippen LogP contribution in [0, 0.1) is 5.92 Å². The number of hydrogen-bond acceptors (Lipinski definition) is 7. The molecule has 0 spiro atoms. The summed E-state index contributed by atoms with van der Waals surface area (Å²) in [5.74, 6) is -3.86. The first-order valence-corrected chi connectivity index (χ1v) is 12.1. The highest BCUT2D eigenvalue weighted by Gasteiger charge is 2.32. The molecule has 0 aliphatic heterocycles. The Hall–Kier alpha value is -4.23. The number of rotatable bonds is 13. The van der Waals surface area contributed by atoms with Crippen molar-refractivity contribution in [2.75, 3.05) is 6.61 Å². The van der Waals surface area contributed by atoms with Crippen molar-refractivity contribution in [3.8, 4) is 0 Å². The van der Waals surface area contributed by atoms with Crippen LogP contribution in [0.15, 0.2) is 43.0 Å². The Bertz CT molecular complexity index is 1260. The van der Waals surface area contributed by atoms with E-state index < -0.39 is 60.4 Å². The SMILES string of the molecule is CC(C)C(NC(=O)C(Cc1cnc[nH]1)NC(=O)C(N)Cc1c[nH]c2ccccc12)C(=O)NC(CO)C(=O)O. The van der Waals surface area contributed by atoms with Crippen molar-refractivity contribution in [2.24, 2.45) is 11.7 Å². The van der Waals surface area contributed by atoms with Gasteiger partial charge >= 0.3 is 5.97 Å². The summed E-state index contributed by atoms with van der Waals surface area (Å²) >= 11 is 0. The molecule has 0 aliphatic carbocycles. The number of aromatic nitrogens is 3. The summed E-state index contributed by atoms with van der Waals surface area (Å²) in [5.41, 5.74) is 8.52. The predicted molar refractivity (Wildman–Crippen MR) is 138 cm³/mol. The fourth-order valence-electron chi connectivity index (χ4n) is 3.97. The maximum atomic E-state index is 13.3. The number of hydrogen-bond donors (Lipinski definition) is 8. The third-order valence-electron chi connectivity index (χ3n) is 6.11. The van der Waals surface area contributed by atoms with Crippen LogP contribution in [0.5, 0.6) is 0 Å². The highest BCUT2D eigenvalue weighted by atomic mass is 16.4. The number of aliphatic carboxylic acids is 1. The van der Waals surface area contributed by atoms with Crippen LogP contribution >= 0.6 is 0 Å². The third kappa shape index (κ3) is 7.17. The minimum Gasteiger partial charge on any atom is -0.480 e. The van der Waals surface area contributed by atoms with E-state index in [2.05, 4.69) is 30.9 Å². The molecule has 2 heterocycles. The Morgan fingerprint density at radius 2 is 1.68 bits per heavy atom. The van der Waals surface area contributed by atoms with Crippen molar-refractivity contribution in [3.63, 3.8) is 0 Å². The fourth-order valence-corrected chi connectivity index (χ4v) is 3.97. The van der Waals surface area contributed by atoms with Gasteiger partial charge in [0.1, 0.15) is 18.1 Å². The maximum Gasteiger partial charge on any atom is 0.328 e. The molecule has 1 aromatic carbocycles. The standard InChI is InChI=1S/C25H33N7O6/c1-13(2)21(24(36)31-20(11-33)25(37)38)32-23(35)19(8-15-10-27-12-29-15)30-22(34)17(26)7-14-9-28-18-6-4-3-5-16(14)18/h3-6,9-10,12-13,17,19-21,28,33H,7-8,11,26H2,1-2H3,(H,27,29)(H,30,34)(H,31,36)(H,32,35)(H,37,38). The molecule has 13 nitrogen and oxygen atoms in total. The predicted octanol–water partition coefficient (Wildman–Crippen LogP) is -0.809. The molecule has 0 saturated carbocycles. The lowest BCUT2D eigenvalue weighted by Crippen LogP contribution is -2.59. The van der Waals surface area contributed by atoms with Gasteiger partial charge in [-0.3, -0.25) is 14.4 Å². The zero-order valence-corrected chi connectivity index (χ0v) is 21.1. The molecule has 38 heavy (non-hydrogen) atoms. The summed E-state index contributed by atoms with van der Waals surface area (Å²) in [6.45, 7) is 2.52. The summed E-state index contributed by atoms with van der Waals surface area (Å²) in [4.78, 5) is 60.2.